The lowest BCUT2D eigenvalue weighted by molar-refractivity contribution is -0.143. The second-order valence-corrected chi connectivity index (χ2v) is 8.32. The van der Waals surface area contributed by atoms with E-state index < -0.39 is 0 Å². The van der Waals surface area contributed by atoms with E-state index in [1.807, 2.05) is 20.8 Å². The molecular weight excluding hydrogens is 292 g/mol. The van der Waals surface area contributed by atoms with E-state index >= 15 is 0 Å². The number of nitrogens with one attached hydrogen (secondary N) is 1. The Hall–Kier alpha value is -1.39. The van der Waals surface area contributed by atoms with E-state index in [9.17, 15) is 4.79 Å². The van der Waals surface area contributed by atoms with Crippen LogP contribution in [0.25, 0.3) is 10.1 Å². The van der Waals surface area contributed by atoms with Gasteiger partial charge >= 0.3 is 0 Å². The van der Waals surface area contributed by atoms with Crippen LogP contribution in [-0.4, -0.2) is 28.4 Å². The summed E-state index contributed by atoms with van der Waals surface area (Å²) in [5.74, 6) is 0.144. The van der Waals surface area contributed by atoms with Crippen LogP contribution in [0.15, 0.2) is 29.6 Å². The minimum Gasteiger partial charge on any atom is -0.350 e. The Morgan fingerprint density at radius 3 is 2.73 bits per heavy atom. The Labute approximate surface area is 136 Å². The Balaban J connectivity index is 1.77. The van der Waals surface area contributed by atoms with Gasteiger partial charge in [-0.05, 0) is 56.5 Å². The van der Waals surface area contributed by atoms with Gasteiger partial charge in [-0.2, -0.15) is 0 Å². The van der Waals surface area contributed by atoms with Crippen LogP contribution < -0.4 is 5.32 Å². The zero-order valence-electron chi connectivity index (χ0n) is 13.8. The van der Waals surface area contributed by atoms with E-state index in [1.165, 1.54) is 15.6 Å². The molecule has 0 radical (unpaired) electrons. The predicted octanol–water partition coefficient (Wildman–Crippen LogP) is 3.78. The molecule has 0 aliphatic carbocycles. The number of amides is 1. The number of hydrogen-bond donors (Lipinski definition) is 1. The maximum Gasteiger partial charge on any atom is 0.240 e. The molecule has 1 atom stereocenters. The fraction of sp³-hybridized carbons (Fsp3) is 0.500. The molecule has 1 N–H and O–H groups in total. The average molecular weight is 316 g/mol. The number of thiophene rings is 1. The van der Waals surface area contributed by atoms with Crippen molar-refractivity contribution < 1.29 is 4.79 Å². The van der Waals surface area contributed by atoms with E-state index in [2.05, 4.69) is 46.8 Å². The topological polar surface area (TPSA) is 32.3 Å². The standard InChI is InChI=1S/C18H24N2OS/c1-17(2,3)19-16(21)18(4)9-10-20(18)11-13-12-22-15-8-6-5-7-14(13)15/h5-8,12H,9-11H2,1-4H3,(H,19,21). The number of rotatable bonds is 3. The van der Waals surface area contributed by atoms with Gasteiger partial charge in [0.15, 0.2) is 0 Å². The van der Waals surface area contributed by atoms with Crippen molar-refractivity contribution in [1.82, 2.24) is 10.2 Å². The third-order valence-corrected chi connectivity index (χ3v) is 5.48. The summed E-state index contributed by atoms with van der Waals surface area (Å²) < 4.78 is 1.32. The molecule has 1 saturated heterocycles. The SMILES string of the molecule is CC(C)(C)NC(=O)C1(C)CCN1Cc1csc2ccccc12. The monoisotopic (exact) mass is 316 g/mol. The number of fused-ring (bicyclic) bond motifs is 1. The quantitative estimate of drug-likeness (QED) is 0.934. The van der Waals surface area contributed by atoms with Crippen LogP contribution in [0.4, 0.5) is 0 Å². The lowest BCUT2D eigenvalue weighted by atomic mass is 9.84. The Morgan fingerprint density at radius 1 is 1.36 bits per heavy atom. The molecule has 1 fully saturated rings. The molecule has 118 valence electrons. The summed E-state index contributed by atoms with van der Waals surface area (Å²) in [5.41, 5.74) is 0.766. The summed E-state index contributed by atoms with van der Waals surface area (Å²) in [4.78, 5) is 14.9. The van der Waals surface area contributed by atoms with Crippen molar-refractivity contribution in [2.75, 3.05) is 6.54 Å². The number of carbonyl (C=O) groups excluding carboxylic acids is 1. The lowest BCUT2D eigenvalue weighted by Gasteiger charge is -2.50. The smallest absolute Gasteiger partial charge is 0.240 e. The van der Waals surface area contributed by atoms with Crippen LogP contribution in [0, 0.1) is 0 Å². The first-order valence-electron chi connectivity index (χ1n) is 7.82. The summed E-state index contributed by atoms with van der Waals surface area (Å²) in [7, 11) is 0. The Kier molecular flexibility index (Phi) is 3.77. The summed E-state index contributed by atoms with van der Waals surface area (Å²) in [6.45, 7) is 9.99. The van der Waals surface area contributed by atoms with Gasteiger partial charge in [0.1, 0.15) is 0 Å². The van der Waals surface area contributed by atoms with Gasteiger partial charge in [-0.3, -0.25) is 9.69 Å². The fourth-order valence-corrected chi connectivity index (χ4v) is 3.91. The van der Waals surface area contributed by atoms with E-state index in [0.717, 1.165) is 19.5 Å². The van der Waals surface area contributed by atoms with E-state index in [1.54, 1.807) is 11.3 Å². The van der Waals surface area contributed by atoms with Crippen LogP contribution in [0.1, 0.15) is 39.7 Å². The Morgan fingerprint density at radius 2 is 2.09 bits per heavy atom. The molecule has 1 amide bonds. The molecule has 1 aromatic heterocycles. The summed E-state index contributed by atoms with van der Waals surface area (Å²) in [5, 5.41) is 6.68. The highest BCUT2D eigenvalue weighted by Crippen LogP contribution is 2.35. The highest BCUT2D eigenvalue weighted by molar-refractivity contribution is 7.17. The molecule has 0 saturated carbocycles. The zero-order valence-corrected chi connectivity index (χ0v) is 14.6. The lowest BCUT2D eigenvalue weighted by Crippen LogP contribution is -2.66. The molecular formula is C18H24N2OS. The van der Waals surface area contributed by atoms with Crippen molar-refractivity contribution in [3.05, 3.63) is 35.2 Å². The molecule has 0 spiro atoms. The first-order valence-corrected chi connectivity index (χ1v) is 8.70. The van der Waals surface area contributed by atoms with E-state index in [0.29, 0.717) is 0 Å². The number of carbonyl (C=O) groups is 1. The Bertz CT molecular complexity index is 700. The number of nitrogens with zero attached hydrogens (tertiary/aromatic N) is 1. The zero-order chi connectivity index (χ0) is 16.0. The molecule has 1 aromatic carbocycles. The molecule has 1 aliphatic rings. The van der Waals surface area contributed by atoms with Crippen molar-refractivity contribution in [2.24, 2.45) is 0 Å². The molecule has 4 heteroatoms. The summed E-state index contributed by atoms with van der Waals surface area (Å²) in [6.07, 6.45) is 0.928. The molecule has 1 unspecified atom stereocenters. The van der Waals surface area contributed by atoms with Gasteiger partial charge in [-0.1, -0.05) is 18.2 Å². The van der Waals surface area contributed by atoms with Crippen LogP contribution in [-0.2, 0) is 11.3 Å². The first-order chi connectivity index (χ1) is 10.3. The van der Waals surface area contributed by atoms with E-state index in [4.69, 9.17) is 0 Å². The molecule has 2 heterocycles. The molecule has 22 heavy (non-hydrogen) atoms. The fourth-order valence-electron chi connectivity index (χ4n) is 2.95. The highest BCUT2D eigenvalue weighted by Gasteiger charge is 2.47. The maximum atomic E-state index is 12.6. The van der Waals surface area contributed by atoms with Crippen LogP contribution in [0.3, 0.4) is 0 Å². The van der Waals surface area contributed by atoms with Crippen LogP contribution >= 0.6 is 11.3 Å². The summed E-state index contributed by atoms with van der Waals surface area (Å²) in [6, 6.07) is 8.49. The minimum absolute atomic E-state index is 0.144. The van der Waals surface area contributed by atoms with Crippen LogP contribution in [0.2, 0.25) is 0 Å². The maximum absolute atomic E-state index is 12.6. The van der Waals surface area contributed by atoms with Crippen LogP contribution in [0.5, 0.6) is 0 Å². The van der Waals surface area contributed by atoms with Crippen molar-refractivity contribution in [2.45, 2.75) is 51.7 Å². The number of likely N-dealkylation sites (tertiary alicyclic amines) is 1. The van der Waals surface area contributed by atoms with Crippen molar-refractivity contribution in [1.29, 1.82) is 0 Å². The molecule has 1 aliphatic heterocycles. The predicted molar refractivity (Wildman–Crippen MR) is 93.2 cm³/mol. The number of hydrogen-bond acceptors (Lipinski definition) is 3. The third-order valence-electron chi connectivity index (χ3n) is 4.47. The average Bonchev–Trinajstić information content (AvgIpc) is 2.84. The van der Waals surface area contributed by atoms with Gasteiger partial charge in [0.25, 0.3) is 0 Å². The second kappa shape index (κ2) is 5.36. The highest BCUT2D eigenvalue weighted by atomic mass is 32.1. The third kappa shape index (κ3) is 2.77. The van der Waals surface area contributed by atoms with Gasteiger partial charge < -0.3 is 5.32 Å². The van der Waals surface area contributed by atoms with Gasteiger partial charge in [-0.15, -0.1) is 11.3 Å². The minimum atomic E-state index is -0.379. The van der Waals surface area contributed by atoms with Gasteiger partial charge in [0, 0.05) is 23.3 Å². The second-order valence-electron chi connectivity index (χ2n) is 7.41. The molecule has 3 nitrogen and oxygen atoms in total. The summed E-state index contributed by atoms with van der Waals surface area (Å²) >= 11 is 1.78. The van der Waals surface area contributed by atoms with Gasteiger partial charge in [0.2, 0.25) is 5.91 Å². The molecule has 0 bridgehead atoms. The first kappa shape index (κ1) is 15.5. The van der Waals surface area contributed by atoms with Gasteiger partial charge in [-0.25, -0.2) is 0 Å². The largest absolute Gasteiger partial charge is 0.350 e. The number of benzene rings is 1. The van der Waals surface area contributed by atoms with Crippen molar-refractivity contribution in [3.63, 3.8) is 0 Å². The van der Waals surface area contributed by atoms with Crippen molar-refractivity contribution >= 4 is 27.3 Å². The molecule has 2 aromatic rings. The molecule has 3 rings (SSSR count). The van der Waals surface area contributed by atoms with Gasteiger partial charge in [0.05, 0.1) is 5.54 Å². The van der Waals surface area contributed by atoms with E-state index in [-0.39, 0.29) is 17.0 Å². The van der Waals surface area contributed by atoms with Crippen molar-refractivity contribution in [3.8, 4) is 0 Å². The normalized spacial score (nSPS) is 22.5.